The molecule has 2 unspecified atom stereocenters. The van der Waals surface area contributed by atoms with Gasteiger partial charge in [0.1, 0.15) is 5.82 Å². The van der Waals surface area contributed by atoms with Gasteiger partial charge in [-0.3, -0.25) is 0 Å². The maximum atomic E-state index is 13.4. The Kier molecular flexibility index (Phi) is 4.55. The molecule has 0 saturated carbocycles. The van der Waals surface area contributed by atoms with Crippen LogP contribution in [0, 0.1) is 11.7 Å². The topological polar surface area (TPSA) is 20.2 Å². The number of aliphatic hydroxyl groups is 1. The second kappa shape index (κ2) is 5.47. The van der Waals surface area contributed by atoms with Crippen molar-refractivity contribution in [3.8, 4) is 0 Å². The molecule has 0 bridgehead atoms. The van der Waals surface area contributed by atoms with Crippen LogP contribution >= 0.6 is 11.6 Å². The van der Waals surface area contributed by atoms with E-state index in [9.17, 15) is 9.50 Å². The van der Waals surface area contributed by atoms with Gasteiger partial charge >= 0.3 is 0 Å². The van der Waals surface area contributed by atoms with Crippen LogP contribution in [0.15, 0.2) is 18.2 Å². The van der Waals surface area contributed by atoms with Crippen molar-refractivity contribution < 1.29 is 9.50 Å². The molecule has 0 aromatic heterocycles. The lowest BCUT2D eigenvalue weighted by molar-refractivity contribution is 0.112. The minimum Gasteiger partial charge on any atom is -0.393 e. The van der Waals surface area contributed by atoms with Crippen molar-refractivity contribution in [2.75, 3.05) is 0 Å². The summed E-state index contributed by atoms with van der Waals surface area (Å²) in [5, 5.41) is 10.1. The Morgan fingerprint density at radius 3 is 2.73 bits per heavy atom. The zero-order valence-corrected chi connectivity index (χ0v) is 9.76. The van der Waals surface area contributed by atoms with Gasteiger partial charge in [0.2, 0.25) is 0 Å². The molecule has 2 atom stereocenters. The van der Waals surface area contributed by atoms with E-state index >= 15 is 0 Å². The predicted octanol–water partition coefficient (Wildman–Crippen LogP) is 3.43. The summed E-state index contributed by atoms with van der Waals surface area (Å²) in [6.07, 6.45) is 0.813. The van der Waals surface area contributed by atoms with Crippen LogP contribution in [-0.2, 0) is 6.42 Å². The molecule has 0 radical (unpaired) electrons. The van der Waals surface area contributed by atoms with Crippen LogP contribution in [0.1, 0.15) is 25.8 Å². The van der Waals surface area contributed by atoms with Gasteiger partial charge in [-0.2, -0.15) is 0 Å². The van der Waals surface area contributed by atoms with Crippen LogP contribution in [0.2, 0.25) is 5.02 Å². The van der Waals surface area contributed by atoms with E-state index in [1.807, 2.05) is 13.8 Å². The van der Waals surface area contributed by atoms with Gasteiger partial charge in [0, 0.05) is 5.02 Å². The fourth-order valence-corrected chi connectivity index (χ4v) is 1.78. The first-order valence-electron chi connectivity index (χ1n) is 5.16. The Bertz CT molecular complexity index is 327. The lowest BCUT2D eigenvalue weighted by Gasteiger charge is -2.17. The highest BCUT2D eigenvalue weighted by molar-refractivity contribution is 6.30. The van der Waals surface area contributed by atoms with Gasteiger partial charge in [-0.25, -0.2) is 4.39 Å². The van der Waals surface area contributed by atoms with Crippen LogP contribution < -0.4 is 0 Å². The minimum absolute atomic E-state index is 0.0444. The molecule has 0 amide bonds. The highest BCUT2D eigenvalue weighted by Gasteiger charge is 2.14. The number of halogens is 2. The Morgan fingerprint density at radius 1 is 1.47 bits per heavy atom. The van der Waals surface area contributed by atoms with Gasteiger partial charge in [0.05, 0.1) is 6.10 Å². The summed E-state index contributed by atoms with van der Waals surface area (Å²) in [5.74, 6) is -0.211. The van der Waals surface area contributed by atoms with Crippen LogP contribution in [0.25, 0.3) is 0 Å². The third kappa shape index (κ3) is 3.47. The normalized spacial score (nSPS) is 15.0. The summed E-state index contributed by atoms with van der Waals surface area (Å²) in [6, 6.07) is 4.51. The number of benzene rings is 1. The molecular formula is C12H16ClFO. The summed E-state index contributed by atoms with van der Waals surface area (Å²) in [7, 11) is 0. The Morgan fingerprint density at radius 2 is 2.13 bits per heavy atom. The Labute approximate surface area is 94.9 Å². The average molecular weight is 231 g/mol. The molecule has 0 aliphatic heterocycles. The molecule has 0 fully saturated rings. The van der Waals surface area contributed by atoms with Gasteiger partial charge in [0.25, 0.3) is 0 Å². The quantitative estimate of drug-likeness (QED) is 0.840. The zero-order valence-electron chi connectivity index (χ0n) is 9.00. The van der Waals surface area contributed by atoms with E-state index in [1.165, 1.54) is 12.1 Å². The Hall–Kier alpha value is -0.600. The summed E-state index contributed by atoms with van der Waals surface area (Å²) in [4.78, 5) is 0. The second-order valence-corrected chi connectivity index (χ2v) is 4.33. The largest absolute Gasteiger partial charge is 0.393 e. The molecule has 0 aliphatic rings. The van der Waals surface area contributed by atoms with Crippen LogP contribution in [0.4, 0.5) is 4.39 Å². The Balaban J connectivity index is 2.75. The third-order valence-electron chi connectivity index (χ3n) is 2.62. The molecule has 0 aliphatic carbocycles. The predicted molar refractivity (Wildman–Crippen MR) is 60.6 cm³/mol. The molecule has 15 heavy (non-hydrogen) atoms. The van der Waals surface area contributed by atoms with E-state index in [-0.39, 0.29) is 17.8 Å². The minimum atomic E-state index is -0.386. The van der Waals surface area contributed by atoms with Crippen molar-refractivity contribution in [1.29, 1.82) is 0 Å². The SMILES string of the molecule is CCC(O)C(C)Cc1cc(Cl)ccc1F. The van der Waals surface area contributed by atoms with E-state index in [2.05, 4.69) is 0 Å². The summed E-state index contributed by atoms with van der Waals surface area (Å²) >= 11 is 5.78. The van der Waals surface area contributed by atoms with Crippen molar-refractivity contribution in [2.24, 2.45) is 5.92 Å². The summed E-state index contributed by atoms with van der Waals surface area (Å²) in [5.41, 5.74) is 0.572. The summed E-state index contributed by atoms with van der Waals surface area (Å²) in [6.45, 7) is 3.82. The van der Waals surface area contributed by atoms with E-state index in [4.69, 9.17) is 11.6 Å². The molecule has 0 spiro atoms. The molecule has 1 aromatic rings. The molecule has 3 heteroatoms. The lowest BCUT2D eigenvalue weighted by atomic mass is 9.94. The van der Waals surface area contributed by atoms with Gasteiger partial charge in [-0.15, -0.1) is 0 Å². The van der Waals surface area contributed by atoms with Crippen LogP contribution in [0.3, 0.4) is 0 Å². The molecular weight excluding hydrogens is 215 g/mol. The number of hydrogen-bond acceptors (Lipinski definition) is 1. The standard InChI is InChI=1S/C12H16ClFO/c1-3-12(15)8(2)6-9-7-10(13)4-5-11(9)14/h4-5,7-8,12,15H,3,6H2,1-2H3. The first kappa shape index (κ1) is 12.5. The first-order valence-corrected chi connectivity index (χ1v) is 5.54. The van der Waals surface area contributed by atoms with E-state index in [0.717, 1.165) is 0 Å². The first-order chi connectivity index (χ1) is 7.04. The molecule has 1 N–H and O–H groups in total. The van der Waals surface area contributed by atoms with Crippen LogP contribution in [-0.4, -0.2) is 11.2 Å². The molecule has 1 rings (SSSR count). The van der Waals surface area contributed by atoms with Gasteiger partial charge in [-0.1, -0.05) is 25.4 Å². The van der Waals surface area contributed by atoms with Crippen molar-refractivity contribution >= 4 is 11.6 Å². The van der Waals surface area contributed by atoms with E-state index < -0.39 is 0 Å². The fraction of sp³-hybridized carbons (Fsp3) is 0.500. The van der Waals surface area contributed by atoms with Gasteiger partial charge < -0.3 is 5.11 Å². The average Bonchev–Trinajstić information content (AvgIpc) is 2.22. The molecule has 0 heterocycles. The van der Waals surface area contributed by atoms with Crippen molar-refractivity contribution in [1.82, 2.24) is 0 Å². The zero-order chi connectivity index (χ0) is 11.4. The molecule has 1 aromatic carbocycles. The van der Waals surface area contributed by atoms with Crippen molar-refractivity contribution in [3.05, 3.63) is 34.6 Å². The maximum absolute atomic E-state index is 13.4. The summed E-state index contributed by atoms with van der Waals surface area (Å²) < 4.78 is 13.4. The number of rotatable bonds is 4. The maximum Gasteiger partial charge on any atom is 0.126 e. The number of hydrogen-bond donors (Lipinski definition) is 1. The third-order valence-corrected chi connectivity index (χ3v) is 2.86. The second-order valence-electron chi connectivity index (χ2n) is 3.89. The van der Waals surface area contributed by atoms with Crippen molar-refractivity contribution in [2.45, 2.75) is 32.8 Å². The van der Waals surface area contributed by atoms with Gasteiger partial charge in [0.15, 0.2) is 0 Å². The highest BCUT2D eigenvalue weighted by Crippen LogP contribution is 2.20. The number of aliphatic hydroxyl groups excluding tert-OH is 1. The smallest absolute Gasteiger partial charge is 0.126 e. The molecule has 1 nitrogen and oxygen atoms in total. The van der Waals surface area contributed by atoms with Crippen LogP contribution in [0.5, 0.6) is 0 Å². The fourth-order valence-electron chi connectivity index (χ4n) is 1.59. The molecule has 0 saturated heterocycles. The monoisotopic (exact) mass is 230 g/mol. The lowest BCUT2D eigenvalue weighted by Crippen LogP contribution is -2.19. The van der Waals surface area contributed by atoms with E-state index in [1.54, 1.807) is 6.07 Å². The van der Waals surface area contributed by atoms with Gasteiger partial charge in [-0.05, 0) is 42.5 Å². The molecule has 84 valence electrons. The van der Waals surface area contributed by atoms with E-state index in [0.29, 0.717) is 23.4 Å². The highest BCUT2D eigenvalue weighted by atomic mass is 35.5. The van der Waals surface area contributed by atoms with Crippen molar-refractivity contribution in [3.63, 3.8) is 0 Å².